The highest BCUT2D eigenvalue weighted by molar-refractivity contribution is 5.92. The number of hydrogen-bond acceptors (Lipinski definition) is 3. The average Bonchev–Trinajstić information content (AvgIpc) is 2.15. The van der Waals surface area contributed by atoms with E-state index in [1.807, 2.05) is 0 Å². The first-order chi connectivity index (χ1) is 7.29. The van der Waals surface area contributed by atoms with Crippen LogP contribution in [0.1, 0.15) is 13.3 Å². The Hall–Kier alpha value is -1.62. The van der Waals surface area contributed by atoms with Gasteiger partial charge in [-0.15, -0.1) is 0 Å². The number of likely N-dealkylation sites (N-methyl/N-ethyl adjacent to an activating group) is 1. The van der Waals surface area contributed by atoms with Crippen molar-refractivity contribution in [1.29, 1.82) is 0 Å². The first kappa shape index (κ1) is 12.4. The fourth-order valence-corrected chi connectivity index (χ4v) is 1.84. The third-order valence-electron chi connectivity index (χ3n) is 2.77. The largest absolute Gasteiger partial charge is 0.480 e. The highest BCUT2D eigenvalue weighted by Gasteiger charge is 2.42. The number of carboxylic acids is 2. The summed E-state index contributed by atoms with van der Waals surface area (Å²) in [6.45, 7) is 1.70. The molecular weight excluding hydrogens is 210 g/mol. The minimum Gasteiger partial charge on any atom is -0.480 e. The molecular formula is C11H15NO4. The van der Waals surface area contributed by atoms with E-state index in [1.165, 1.54) is 11.0 Å². The van der Waals surface area contributed by atoms with Crippen molar-refractivity contribution in [2.45, 2.75) is 18.9 Å². The van der Waals surface area contributed by atoms with E-state index in [-0.39, 0.29) is 12.0 Å². The van der Waals surface area contributed by atoms with Crippen LogP contribution in [0.4, 0.5) is 0 Å². The molecule has 88 valence electrons. The lowest BCUT2D eigenvalue weighted by molar-refractivity contribution is -0.147. The highest BCUT2D eigenvalue weighted by Crippen LogP contribution is 2.30. The van der Waals surface area contributed by atoms with Gasteiger partial charge in [0.15, 0.2) is 0 Å². The molecule has 16 heavy (non-hydrogen) atoms. The summed E-state index contributed by atoms with van der Waals surface area (Å²) < 4.78 is 0. The smallest absolute Gasteiger partial charge is 0.331 e. The molecule has 1 atom stereocenters. The zero-order valence-corrected chi connectivity index (χ0v) is 9.52. The van der Waals surface area contributed by atoms with Crippen LogP contribution >= 0.6 is 0 Å². The summed E-state index contributed by atoms with van der Waals surface area (Å²) in [6.07, 6.45) is 3.07. The Balaban J connectivity index is 3.23. The maximum atomic E-state index is 11.3. The summed E-state index contributed by atoms with van der Waals surface area (Å²) in [4.78, 5) is 23.8. The van der Waals surface area contributed by atoms with Crippen LogP contribution in [-0.2, 0) is 9.59 Å². The van der Waals surface area contributed by atoms with E-state index in [1.54, 1.807) is 27.1 Å². The van der Waals surface area contributed by atoms with Crippen LogP contribution in [0.25, 0.3) is 0 Å². The quantitative estimate of drug-likeness (QED) is 0.740. The van der Waals surface area contributed by atoms with Gasteiger partial charge in [-0.3, -0.25) is 4.90 Å². The van der Waals surface area contributed by atoms with Crippen LogP contribution < -0.4 is 0 Å². The lowest BCUT2D eigenvalue weighted by Crippen LogP contribution is -2.51. The first-order valence-electron chi connectivity index (χ1n) is 4.84. The van der Waals surface area contributed by atoms with E-state index in [0.717, 1.165) is 0 Å². The Morgan fingerprint density at radius 2 is 1.94 bits per heavy atom. The molecule has 0 radical (unpaired) electrons. The number of rotatable bonds is 3. The molecule has 0 saturated heterocycles. The molecule has 0 spiro atoms. The standard InChI is InChI=1S/C11H15NO4/c1-7-4-8(9(13)14)6-11(5-7,10(15)16)12(2)3/h4-5H,6H2,1-3H3,(H,13,14)(H,15,16). The lowest BCUT2D eigenvalue weighted by Gasteiger charge is -2.35. The van der Waals surface area contributed by atoms with Gasteiger partial charge in [-0.1, -0.05) is 5.57 Å². The number of carboxylic acid groups (broad SMARTS) is 2. The maximum Gasteiger partial charge on any atom is 0.331 e. The highest BCUT2D eigenvalue weighted by atomic mass is 16.4. The number of aliphatic carboxylic acids is 2. The zero-order chi connectivity index (χ0) is 12.5. The van der Waals surface area contributed by atoms with Gasteiger partial charge in [-0.05, 0) is 33.2 Å². The van der Waals surface area contributed by atoms with E-state index < -0.39 is 17.5 Å². The summed E-state index contributed by atoms with van der Waals surface area (Å²) in [5.74, 6) is -2.11. The van der Waals surface area contributed by atoms with Gasteiger partial charge in [0.25, 0.3) is 0 Å². The van der Waals surface area contributed by atoms with Crippen molar-refractivity contribution >= 4 is 11.9 Å². The Bertz CT molecular complexity index is 395. The number of nitrogens with zero attached hydrogens (tertiary/aromatic N) is 1. The zero-order valence-electron chi connectivity index (χ0n) is 9.52. The van der Waals surface area contributed by atoms with Crippen molar-refractivity contribution in [2.75, 3.05) is 14.1 Å². The second kappa shape index (κ2) is 4.09. The van der Waals surface area contributed by atoms with Crippen molar-refractivity contribution in [3.8, 4) is 0 Å². The lowest BCUT2D eigenvalue weighted by atomic mass is 9.83. The topological polar surface area (TPSA) is 77.8 Å². The molecule has 0 bridgehead atoms. The maximum absolute atomic E-state index is 11.3. The summed E-state index contributed by atoms with van der Waals surface area (Å²) in [5, 5.41) is 18.2. The van der Waals surface area contributed by atoms with E-state index in [9.17, 15) is 14.7 Å². The Labute approximate surface area is 93.7 Å². The summed E-state index contributed by atoms with van der Waals surface area (Å²) in [7, 11) is 3.26. The second-order valence-corrected chi connectivity index (χ2v) is 4.16. The number of carbonyl (C=O) groups is 2. The second-order valence-electron chi connectivity index (χ2n) is 4.16. The van der Waals surface area contributed by atoms with Gasteiger partial charge in [0.05, 0.1) is 0 Å². The van der Waals surface area contributed by atoms with Gasteiger partial charge in [-0.2, -0.15) is 0 Å². The molecule has 0 heterocycles. The number of allylic oxidation sites excluding steroid dienone is 2. The van der Waals surface area contributed by atoms with E-state index in [4.69, 9.17) is 5.11 Å². The van der Waals surface area contributed by atoms with Crippen molar-refractivity contribution in [2.24, 2.45) is 0 Å². The van der Waals surface area contributed by atoms with Crippen molar-refractivity contribution < 1.29 is 19.8 Å². The molecule has 0 aliphatic heterocycles. The minimum absolute atomic E-state index is 0.0258. The molecule has 1 unspecified atom stereocenters. The monoisotopic (exact) mass is 225 g/mol. The molecule has 5 heteroatoms. The molecule has 0 saturated carbocycles. The van der Waals surface area contributed by atoms with Gasteiger partial charge in [0, 0.05) is 12.0 Å². The molecule has 0 aromatic carbocycles. The normalized spacial score (nSPS) is 25.0. The van der Waals surface area contributed by atoms with Gasteiger partial charge >= 0.3 is 11.9 Å². The molecule has 1 aliphatic rings. The molecule has 0 amide bonds. The molecule has 0 fully saturated rings. The minimum atomic E-state index is -1.26. The van der Waals surface area contributed by atoms with Gasteiger partial charge < -0.3 is 10.2 Å². The van der Waals surface area contributed by atoms with Crippen LogP contribution in [0.2, 0.25) is 0 Å². The molecule has 0 aromatic heterocycles. The molecule has 0 aromatic rings. The average molecular weight is 225 g/mol. The summed E-state index contributed by atoms with van der Waals surface area (Å²) >= 11 is 0. The Morgan fingerprint density at radius 1 is 1.38 bits per heavy atom. The molecule has 5 nitrogen and oxygen atoms in total. The van der Waals surface area contributed by atoms with Crippen LogP contribution in [0.15, 0.2) is 23.3 Å². The third-order valence-corrected chi connectivity index (χ3v) is 2.77. The Morgan fingerprint density at radius 3 is 2.31 bits per heavy atom. The fraction of sp³-hybridized carbons (Fsp3) is 0.455. The number of hydrogen-bond donors (Lipinski definition) is 2. The Kier molecular flexibility index (Phi) is 3.19. The third kappa shape index (κ3) is 1.99. The SMILES string of the molecule is CC1=CC(C(=O)O)(N(C)C)CC(C(=O)O)=C1. The van der Waals surface area contributed by atoms with Crippen molar-refractivity contribution in [1.82, 2.24) is 4.90 Å². The molecule has 1 rings (SSSR count). The summed E-state index contributed by atoms with van der Waals surface area (Å²) in [5.41, 5.74) is -0.483. The van der Waals surface area contributed by atoms with E-state index in [2.05, 4.69) is 0 Å². The van der Waals surface area contributed by atoms with Crippen molar-refractivity contribution in [3.05, 3.63) is 23.3 Å². The van der Waals surface area contributed by atoms with Gasteiger partial charge in [-0.25, -0.2) is 9.59 Å². The molecule has 2 N–H and O–H groups in total. The van der Waals surface area contributed by atoms with Crippen LogP contribution in [0.5, 0.6) is 0 Å². The first-order valence-corrected chi connectivity index (χ1v) is 4.84. The summed E-state index contributed by atoms with van der Waals surface area (Å²) in [6, 6.07) is 0. The van der Waals surface area contributed by atoms with Gasteiger partial charge in [0.2, 0.25) is 0 Å². The van der Waals surface area contributed by atoms with Crippen LogP contribution in [0, 0.1) is 0 Å². The van der Waals surface area contributed by atoms with E-state index >= 15 is 0 Å². The van der Waals surface area contributed by atoms with Crippen LogP contribution in [0.3, 0.4) is 0 Å². The predicted octanol–water partition coefficient (Wildman–Crippen LogP) is 0.732. The van der Waals surface area contributed by atoms with Crippen LogP contribution in [-0.4, -0.2) is 46.7 Å². The van der Waals surface area contributed by atoms with Gasteiger partial charge in [0.1, 0.15) is 5.54 Å². The predicted molar refractivity (Wildman–Crippen MR) is 58.1 cm³/mol. The van der Waals surface area contributed by atoms with E-state index in [0.29, 0.717) is 5.57 Å². The fourth-order valence-electron chi connectivity index (χ4n) is 1.84. The molecule has 1 aliphatic carbocycles. The van der Waals surface area contributed by atoms with Crippen molar-refractivity contribution in [3.63, 3.8) is 0 Å².